The zero-order chi connectivity index (χ0) is 19.4. The third-order valence-corrected chi connectivity index (χ3v) is 9.07. The molecule has 2 aromatic rings. The second kappa shape index (κ2) is 11.0. The number of hydrogen-bond acceptors (Lipinski definition) is 2. The fourth-order valence-electron chi connectivity index (χ4n) is 2.09. The summed E-state index contributed by atoms with van der Waals surface area (Å²) >= 11 is 49.0. The summed E-state index contributed by atoms with van der Waals surface area (Å²) in [6.45, 7) is 0. The van der Waals surface area contributed by atoms with E-state index in [4.69, 9.17) is 92.8 Å². The minimum Gasteiger partial charge on any atom is -0.0938 e. The Balaban J connectivity index is 1.86. The van der Waals surface area contributed by atoms with Gasteiger partial charge in [0.25, 0.3) is 0 Å². The van der Waals surface area contributed by atoms with Gasteiger partial charge in [0.1, 0.15) is 0 Å². The van der Waals surface area contributed by atoms with Gasteiger partial charge in [-0.25, -0.2) is 0 Å². The van der Waals surface area contributed by atoms with Crippen LogP contribution < -0.4 is 0 Å². The molecule has 26 heavy (non-hydrogen) atoms. The zero-order valence-corrected chi connectivity index (χ0v) is 20.5. The first-order valence-corrected chi connectivity index (χ1v) is 12.6. The molecule has 0 heterocycles. The van der Waals surface area contributed by atoms with Crippen molar-refractivity contribution in [3.05, 3.63) is 63.4 Å². The standard InChI is InChI=1S/C16H10Cl8S2/c17-9-5-10(18)14(22)7(13(9)21)1-3-25-26-4-2-8-15(23)11(19)6-12(20)16(8)24/h5-6H,1-4H2. The molecule has 0 fully saturated rings. The van der Waals surface area contributed by atoms with E-state index in [9.17, 15) is 0 Å². The van der Waals surface area contributed by atoms with E-state index in [0.29, 0.717) is 53.0 Å². The quantitative estimate of drug-likeness (QED) is 0.191. The van der Waals surface area contributed by atoms with E-state index in [1.807, 2.05) is 0 Å². The van der Waals surface area contributed by atoms with Crippen molar-refractivity contribution >= 4 is 114 Å². The van der Waals surface area contributed by atoms with Gasteiger partial charge in [0.2, 0.25) is 0 Å². The van der Waals surface area contributed by atoms with Crippen molar-refractivity contribution in [2.24, 2.45) is 0 Å². The minimum absolute atomic E-state index is 0.399. The smallest absolute Gasteiger partial charge is 0.0640 e. The van der Waals surface area contributed by atoms with Gasteiger partial charge in [-0.05, 0) is 36.1 Å². The summed E-state index contributed by atoms with van der Waals surface area (Å²) in [5.74, 6) is 1.58. The second-order valence-electron chi connectivity index (χ2n) is 5.04. The first-order chi connectivity index (χ1) is 12.2. The summed E-state index contributed by atoms with van der Waals surface area (Å²) in [5, 5.41) is 3.37. The molecular weight excluding hydrogens is 540 g/mol. The second-order valence-corrected chi connectivity index (χ2v) is 10.9. The maximum atomic E-state index is 6.21. The molecule has 0 aliphatic rings. The number of hydrogen-bond donors (Lipinski definition) is 0. The van der Waals surface area contributed by atoms with Crippen LogP contribution >= 0.6 is 114 Å². The maximum Gasteiger partial charge on any atom is 0.0640 e. The van der Waals surface area contributed by atoms with Gasteiger partial charge in [-0.15, -0.1) is 0 Å². The molecule has 0 unspecified atom stereocenters. The average Bonchev–Trinajstić information content (AvgIpc) is 2.59. The number of benzene rings is 2. The van der Waals surface area contributed by atoms with E-state index in [1.54, 1.807) is 33.7 Å². The largest absolute Gasteiger partial charge is 0.0938 e. The molecule has 0 saturated carbocycles. The summed E-state index contributed by atoms with van der Waals surface area (Å²) in [7, 11) is 3.36. The molecule has 0 aliphatic carbocycles. The molecular formula is C16H10Cl8S2. The van der Waals surface area contributed by atoms with E-state index in [2.05, 4.69) is 0 Å². The van der Waals surface area contributed by atoms with Crippen molar-refractivity contribution in [1.82, 2.24) is 0 Å². The molecule has 0 atom stereocenters. The Hall–Kier alpha value is 1.46. The lowest BCUT2D eigenvalue weighted by molar-refractivity contribution is 1.16. The first-order valence-electron chi connectivity index (χ1n) is 7.12. The lowest BCUT2D eigenvalue weighted by Gasteiger charge is -2.11. The zero-order valence-electron chi connectivity index (χ0n) is 12.8. The third-order valence-electron chi connectivity index (χ3n) is 3.36. The lowest BCUT2D eigenvalue weighted by atomic mass is 10.2. The van der Waals surface area contributed by atoms with Gasteiger partial charge in [0, 0.05) is 11.5 Å². The van der Waals surface area contributed by atoms with Gasteiger partial charge in [-0.2, -0.15) is 0 Å². The van der Waals surface area contributed by atoms with Gasteiger partial charge in [-0.3, -0.25) is 0 Å². The van der Waals surface area contributed by atoms with Crippen LogP contribution in [0.3, 0.4) is 0 Å². The van der Waals surface area contributed by atoms with Gasteiger partial charge >= 0.3 is 0 Å². The Kier molecular flexibility index (Phi) is 10.1. The lowest BCUT2D eigenvalue weighted by Crippen LogP contribution is -1.94. The molecule has 0 N–H and O–H groups in total. The molecule has 10 heteroatoms. The molecule has 2 rings (SSSR count). The Labute approximate surface area is 200 Å². The minimum atomic E-state index is 0.399. The van der Waals surface area contributed by atoms with Crippen LogP contribution in [0.1, 0.15) is 11.1 Å². The molecule has 0 radical (unpaired) electrons. The summed E-state index contributed by atoms with van der Waals surface area (Å²) in [4.78, 5) is 0. The van der Waals surface area contributed by atoms with Crippen LogP contribution in [0.2, 0.25) is 40.2 Å². The van der Waals surface area contributed by atoms with Gasteiger partial charge in [-0.1, -0.05) is 114 Å². The topological polar surface area (TPSA) is 0 Å². The van der Waals surface area contributed by atoms with E-state index in [0.717, 1.165) is 22.6 Å². The van der Waals surface area contributed by atoms with Gasteiger partial charge in [0.15, 0.2) is 0 Å². The van der Waals surface area contributed by atoms with Crippen LogP contribution in [0.15, 0.2) is 12.1 Å². The highest BCUT2D eigenvalue weighted by atomic mass is 35.5. The van der Waals surface area contributed by atoms with Crippen LogP contribution in [-0.2, 0) is 12.8 Å². The SMILES string of the molecule is Clc1cc(Cl)c(Cl)c(CCSSCCc2c(Cl)c(Cl)cc(Cl)c2Cl)c1Cl. The molecule has 0 aliphatic heterocycles. The molecule has 0 nitrogen and oxygen atoms in total. The van der Waals surface area contributed by atoms with Gasteiger partial charge in [0.05, 0.1) is 40.2 Å². The molecule has 0 amide bonds. The molecule has 0 aromatic heterocycles. The highest BCUT2D eigenvalue weighted by Gasteiger charge is 2.15. The first kappa shape index (κ1) is 23.7. The number of halogens is 8. The molecule has 0 spiro atoms. The van der Waals surface area contributed by atoms with E-state index < -0.39 is 0 Å². The van der Waals surface area contributed by atoms with Crippen LogP contribution in [0.25, 0.3) is 0 Å². The van der Waals surface area contributed by atoms with Crippen molar-refractivity contribution in [2.75, 3.05) is 11.5 Å². The normalized spacial score (nSPS) is 11.2. The van der Waals surface area contributed by atoms with Gasteiger partial charge < -0.3 is 0 Å². The molecule has 2 aromatic carbocycles. The van der Waals surface area contributed by atoms with Crippen LogP contribution in [0.4, 0.5) is 0 Å². The molecule has 142 valence electrons. The summed E-state index contributed by atoms with van der Waals surface area (Å²) in [5.41, 5.74) is 1.51. The number of rotatable bonds is 7. The highest BCUT2D eigenvalue weighted by Crippen LogP contribution is 2.40. The van der Waals surface area contributed by atoms with E-state index in [1.165, 1.54) is 0 Å². The van der Waals surface area contributed by atoms with E-state index in [-0.39, 0.29) is 0 Å². The average molecular weight is 550 g/mol. The molecule has 0 saturated heterocycles. The Morgan fingerprint density at radius 1 is 0.500 bits per heavy atom. The third kappa shape index (κ3) is 5.98. The van der Waals surface area contributed by atoms with Crippen molar-refractivity contribution in [3.8, 4) is 0 Å². The highest BCUT2D eigenvalue weighted by molar-refractivity contribution is 8.76. The van der Waals surface area contributed by atoms with Crippen molar-refractivity contribution in [1.29, 1.82) is 0 Å². The maximum absolute atomic E-state index is 6.21. The van der Waals surface area contributed by atoms with Crippen LogP contribution in [0.5, 0.6) is 0 Å². The Bertz CT molecular complexity index is 690. The monoisotopic (exact) mass is 546 g/mol. The van der Waals surface area contributed by atoms with Crippen LogP contribution in [0, 0.1) is 0 Å². The fourth-order valence-corrected chi connectivity index (χ4v) is 6.18. The predicted octanol–water partition coefficient (Wildman–Crippen LogP) is 10.1. The fraction of sp³-hybridized carbons (Fsp3) is 0.250. The van der Waals surface area contributed by atoms with Crippen molar-refractivity contribution < 1.29 is 0 Å². The van der Waals surface area contributed by atoms with Crippen molar-refractivity contribution in [2.45, 2.75) is 12.8 Å². The Morgan fingerprint density at radius 3 is 1.04 bits per heavy atom. The summed E-state index contributed by atoms with van der Waals surface area (Å²) in [6, 6.07) is 3.09. The van der Waals surface area contributed by atoms with Crippen molar-refractivity contribution in [3.63, 3.8) is 0 Å². The Morgan fingerprint density at radius 2 is 0.769 bits per heavy atom. The molecule has 0 bridgehead atoms. The summed E-state index contributed by atoms with van der Waals surface area (Å²) < 4.78 is 0. The summed E-state index contributed by atoms with van der Waals surface area (Å²) in [6.07, 6.45) is 1.31. The predicted molar refractivity (Wildman–Crippen MR) is 125 cm³/mol. The van der Waals surface area contributed by atoms with E-state index >= 15 is 0 Å². The van der Waals surface area contributed by atoms with Crippen LogP contribution in [-0.4, -0.2) is 11.5 Å².